The zero-order valence-corrected chi connectivity index (χ0v) is 8.79. The molecule has 0 saturated carbocycles. The Morgan fingerprint density at radius 3 is 3.07 bits per heavy atom. The quantitative estimate of drug-likeness (QED) is 0.669. The second kappa shape index (κ2) is 5.98. The minimum absolute atomic E-state index is 0.0855. The molecule has 2 atom stereocenters. The molecule has 0 aromatic heterocycles. The first kappa shape index (κ1) is 11.5. The number of carbonyl (C=O) groups is 1. The monoisotopic (exact) mass is 200 g/mol. The van der Waals surface area contributed by atoms with Gasteiger partial charge in [-0.3, -0.25) is 4.79 Å². The molecule has 0 spiro atoms. The van der Waals surface area contributed by atoms with Gasteiger partial charge in [0.25, 0.3) is 0 Å². The third kappa shape index (κ3) is 4.07. The molecule has 14 heavy (non-hydrogen) atoms. The maximum Gasteiger partial charge on any atom is 0.220 e. The van der Waals surface area contributed by atoms with Crippen LogP contribution in [-0.4, -0.2) is 31.7 Å². The lowest BCUT2D eigenvalue weighted by molar-refractivity contribution is -0.121. The third-order valence-corrected chi connectivity index (χ3v) is 2.56. The van der Waals surface area contributed by atoms with Gasteiger partial charge >= 0.3 is 0 Å². The van der Waals surface area contributed by atoms with E-state index >= 15 is 0 Å². The molecule has 82 valence electrons. The van der Waals surface area contributed by atoms with E-state index in [0.29, 0.717) is 18.9 Å². The van der Waals surface area contributed by atoms with Crippen molar-refractivity contribution in [1.82, 2.24) is 5.32 Å². The summed E-state index contributed by atoms with van der Waals surface area (Å²) in [5.41, 5.74) is 5.40. The topological polar surface area (TPSA) is 64.3 Å². The average Bonchev–Trinajstić information content (AvgIpc) is 2.67. The maximum absolute atomic E-state index is 11.4. The van der Waals surface area contributed by atoms with Crippen LogP contribution < -0.4 is 11.1 Å². The van der Waals surface area contributed by atoms with E-state index in [1.165, 1.54) is 0 Å². The Balaban J connectivity index is 2.08. The van der Waals surface area contributed by atoms with Gasteiger partial charge in [-0.2, -0.15) is 0 Å². The molecule has 0 bridgehead atoms. The molecule has 0 aromatic carbocycles. The van der Waals surface area contributed by atoms with Crippen LogP contribution in [0.5, 0.6) is 0 Å². The molecule has 4 heteroatoms. The van der Waals surface area contributed by atoms with Gasteiger partial charge in [0.2, 0.25) is 5.91 Å². The highest BCUT2D eigenvalue weighted by Gasteiger charge is 2.16. The number of ether oxygens (including phenoxy) is 1. The normalized spacial score (nSPS) is 23.4. The molecular formula is C10H20N2O2. The van der Waals surface area contributed by atoms with Crippen LogP contribution in [0.2, 0.25) is 0 Å². The minimum atomic E-state index is 0.0855. The van der Waals surface area contributed by atoms with Gasteiger partial charge in [-0.15, -0.1) is 0 Å². The van der Waals surface area contributed by atoms with E-state index in [1.54, 1.807) is 0 Å². The van der Waals surface area contributed by atoms with Crippen molar-refractivity contribution in [1.29, 1.82) is 0 Å². The summed E-state index contributed by atoms with van der Waals surface area (Å²) >= 11 is 0. The summed E-state index contributed by atoms with van der Waals surface area (Å²) in [6.07, 6.45) is 2.63. The summed E-state index contributed by atoms with van der Waals surface area (Å²) in [6, 6.07) is 0.0855. The zero-order chi connectivity index (χ0) is 10.4. The lowest BCUT2D eigenvalue weighted by Gasteiger charge is -2.12. The number of hydrogen-bond donors (Lipinski definition) is 2. The maximum atomic E-state index is 11.4. The van der Waals surface area contributed by atoms with E-state index in [4.69, 9.17) is 10.5 Å². The fourth-order valence-electron chi connectivity index (χ4n) is 1.55. The van der Waals surface area contributed by atoms with E-state index in [2.05, 4.69) is 5.32 Å². The molecule has 1 fully saturated rings. The molecule has 0 aliphatic carbocycles. The van der Waals surface area contributed by atoms with E-state index in [0.717, 1.165) is 26.1 Å². The van der Waals surface area contributed by atoms with Gasteiger partial charge in [-0.1, -0.05) is 0 Å². The Bertz CT molecular complexity index is 179. The summed E-state index contributed by atoms with van der Waals surface area (Å²) < 4.78 is 5.24. The number of nitrogens with two attached hydrogens (primary N) is 1. The fourth-order valence-corrected chi connectivity index (χ4v) is 1.55. The number of rotatable bonds is 5. The van der Waals surface area contributed by atoms with Crippen molar-refractivity contribution in [3.05, 3.63) is 0 Å². The van der Waals surface area contributed by atoms with Crippen molar-refractivity contribution in [2.24, 2.45) is 11.7 Å². The molecule has 1 rings (SSSR count). The number of amides is 1. The highest BCUT2D eigenvalue weighted by Crippen LogP contribution is 2.17. The van der Waals surface area contributed by atoms with Crippen molar-refractivity contribution in [3.8, 4) is 0 Å². The molecule has 3 N–H and O–H groups in total. The van der Waals surface area contributed by atoms with E-state index in [1.807, 2.05) is 6.92 Å². The summed E-state index contributed by atoms with van der Waals surface area (Å²) in [5, 5.41) is 2.85. The Morgan fingerprint density at radius 1 is 1.71 bits per heavy atom. The number of carbonyl (C=O) groups excluding carboxylic acids is 1. The number of nitrogens with one attached hydrogen (secondary N) is 1. The minimum Gasteiger partial charge on any atom is -0.381 e. The second-order valence-electron chi connectivity index (χ2n) is 3.97. The van der Waals surface area contributed by atoms with Crippen molar-refractivity contribution in [2.45, 2.75) is 32.2 Å². The summed E-state index contributed by atoms with van der Waals surface area (Å²) in [4.78, 5) is 11.4. The first-order chi connectivity index (χ1) is 6.72. The Hall–Kier alpha value is -0.610. The molecule has 0 aromatic rings. The van der Waals surface area contributed by atoms with Crippen LogP contribution in [-0.2, 0) is 9.53 Å². The van der Waals surface area contributed by atoms with Gasteiger partial charge in [0.05, 0.1) is 0 Å². The summed E-state index contributed by atoms with van der Waals surface area (Å²) in [5.74, 6) is 0.684. The Morgan fingerprint density at radius 2 is 2.50 bits per heavy atom. The van der Waals surface area contributed by atoms with E-state index in [9.17, 15) is 4.79 Å². The van der Waals surface area contributed by atoms with E-state index < -0.39 is 0 Å². The highest BCUT2D eigenvalue weighted by atomic mass is 16.5. The van der Waals surface area contributed by atoms with Crippen LogP contribution in [0.1, 0.15) is 26.2 Å². The van der Waals surface area contributed by atoms with E-state index in [-0.39, 0.29) is 11.9 Å². The van der Waals surface area contributed by atoms with Crippen molar-refractivity contribution in [2.75, 3.05) is 19.8 Å². The predicted molar refractivity (Wildman–Crippen MR) is 54.8 cm³/mol. The van der Waals surface area contributed by atoms with Gasteiger partial charge in [0, 0.05) is 32.2 Å². The van der Waals surface area contributed by atoms with Gasteiger partial charge in [0.15, 0.2) is 0 Å². The van der Waals surface area contributed by atoms with Crippen molar-refractivity contribution >= 4 is 5.91 Å². The molecule has 1 amide bonds. The Kier molecular flexibility index (Phi) is 4.90. The van der Waals surface area contributed by atoms with Crippen LogP contribution in [0.15, 0.2) is 0 Å². The van der Waals surface area contributed by atoms with Crippen molar-refractivity contribution < 1.29 is 9.53 Å². The molecular weight excluding hydrogens is 180 g/mol. The standard InChI is InChI=1S/C10H20N2O2/c1-8(6-11)12-10(13)3-2-9-4-5-14-7-9/h8-9H,2-7,11H2,1H3,(H,12,13)/t8-,9?/m1/s1. The molecule has 1 heterocycles. The second-order valence-corrected chi connectivity index (χ2v) is 3.97. The summed E-state index contributed by atoms with van der Waals surface area (Å²) in [6.45, 7) is 4.08. The molecule has 1 saturated heterocycles. The smallest absolute Gasteiger partial charge is 0.220 e. The zero-order valence-electron chi connectivity index (χ0n) is 8.79. The van der Waals surface area contributed by atoms with Gasteiger partial charge in [-0.25, -0.2) is 0 Å². The molecule has 1 aliphatic rings. The highest BCUT2D eigenvalue weighted by molar-refractivity contribution is 5.76. The molecule has 1 aliphatic heterocycles. The fraction of sp³-hybridized carbons (Fsp3) is 0.900. The Labute approximate surface area is 85.2 Å². The van der Waals surface area contributed by atoms with Gasteiger partial charge < -0.3 is 15.8 Å². The third-order valence-electron chi connectivity index (χ3n) is 2.56. The molecule has 0 radical (unpaired) electrons. The molecule has 4 nitrogen and oxygen atoms in total. The van der Waals surface area contributed by atoms with Crippen LogP contribution >= 0.6 is 0 Å². The SMILES string of the molecule is C[C@H](CN)NC(=O)CCC1CCOC1. The first-order valence-electron chi connectivity index (χ1n) is 5.29. The number of hydrogen-bond acceptors (Lipinski definition) is 3. The van der Waals surface area contributed by atoms with Crippen LogP contribution in [0.3, 0.4) is 0 Å². The average molecular weight is 200 g/mol. The van der Waals surface area contributed by atoms with Crippen LogP contribution in [0.4, 0.5) is 0 Å². The molecule has 1 unspecified atom stereocenters. The van der Waals surface area contributed by atoms with Crippen LogP contribution in [0.25, 0.3) is 0 Å². The van der Waals surface area contributed by atoms with Crippen LogP contribution in [0, 0.1) is 5.92 Å². The van der Waals surface area contributed by atoms with Gasteiger partial charge in [0.1, 0.15) is 0 Å². The lowest BCUT2D eigenvalue weighted by atomic mass is 10.0. The largest absolute Gasteiger partial charge is 0.381 e. The van der Waals surface area contributed by atoms with Gasteiger partial charge in [-0.05, 0) is 25.7 Å². The lowest BCUT2D eigenvalue weighted by Crippen LogP contribution is -2.37. The first-order valence-corrected chi connectivity index (χ1v) is 5.29. The predicted octanol–water partition coefficient (Wildman–Crippen LogP) is 0.267. The van der Waals surface area contributed by atoms with Crippen molar-refractivity contribution in [3.63, 3.8) is 0 Å². The summed E-state index contributed by atoms with van der Waals surface area (Å²) in [7, 11) is 0.